The fraction of sp³-hybridized carbons (Fsp3) is 0.308. The predicted molar refractivity (Wildman–Crippen MR) is 71.2 cm³/mol. The van der Waals surface area contributed by atoms with Crippen molar-refractivity contribution in [3.63, 3.8) is 0 Å². The summed E-state index contributed by atoms with van der Waals surface area (Å²) in [7, 11) is 1.38. The highest BCUT2D eigenvalue weighted by atomic mass is 19.1. The van der Waals surface area contributed by atoms with E-state index in [0.717, 1.165) is 24.6 Å². The Labute approximate surface area is 114 Å². The van der Waals surface area contributed by atoms with Crippen LogP contribution in [0.3, 0.4) is 0 Å². The van der Waals surface area contributed by atoms with Gasteiger partial charge in [-0.3, -0.25) is 15.2 Å². The Bertz CT molecular complexity index is 640. The van der Waals surface area contributed by atoms with Crippen molar-refractivity contribution >= 4 is 5.69 Å². The molecule has 0 aliphatic heterocycles. The monoisotopic (exact) mass is 279 g/mol. The number of halogens is 1. The third-order valence-electron chi connectivity index (χ3n) is 2.90. The smallest absolute Gasteiger partial charge is 0.317 e. The topological polar surface area (TPSA) is 81.1 Å². The fourth-order valence-electron chi connectivity index (χ4n) is 2.03. The lowest BCUT2D eigenvalue weighted by Crippen LogP contribution is -1.99. The van der Waals surface area contributed by atoms with Crippen molar-refractivity contribution in [2.45, 2.75) is 19.8 Å². The molecule has 0 saturated heterocycles. The van der Waals surface area contributed by atoms with Crippen LogP contribution in [0.25, 0.3) is 11.3 Å². The Morgan fingerprint density at radius 3 is 2.85 bits per heavy atom. The van der Waals surface area contributed by atoms with Gasteiger partial charge in [-0.15, -0.1) is 0 Å². The van der Waals surface area contributed by atoms with E-state index in [9.17, 15) is 14.5 Å². The van der Waals surface area contributed by atoms with Crippen molar-refractivity contribution in [1.29, 1.82) is 0 Å². The standard InChI is InChI=1S/C13H14FN3O3/c1-3-4-8-7-10(16-15-8)12-11(20-2)6-5-9(14)13(12)17(18)19/h5-7H,3-4H2,1-2H3,(H,15,16). The molecule has 0 aliphatic rings. The van der Waals surface area contributed by atoms with Crippen LogP contribution in [-0.4, -0.2) is 22.2 Å². The zero-order valence-electron chi connectivity index (χ0n) is 11.1. The number of rotatable bonds is 5. The second kappa shape index (κ2) is 5.68. The molecular formula is C13H14FN3O3. The van der Waals surface area contributed by atoms with Gasteiger partial charge in [0.2, 0.25) is 5.82 Å². The number of nitro groups is 1. The van der Waals surface area contributed by atoms with Crippen molar-refractivity contribution in [2.75, 3.05) is 7.11 Å². The molecule has 20 heavy (non-hydrogen) atoms. The van der Waals surface area contributed by atoms with E-state index in [2.05, 4.69) is 10.2 Å². The van der Waals surface area contributed by atoms with E-state index in [-0.39, 0.29) is 11.3 Å². The number of H-pyrrole nitrogens is 1. The molecule has 0 bridgehead atoms. The zero-order valence-corrected chi connectivity index (χ0v) is 11.1. The molecule has 0 atom stereocenters. The molecule has 0 saturated carbocycles. The molecule has 1 N–H and O–H groups in total. The Hall–Kier alpha value is -2.44. The summed E-state index contributed by atoms with van der Waals surface area (Å²) in [6.07, 6.45) is 1.67. The molecule has 0 unspecified atom stereocenters. The summed E-state index contributed by atoms with van der Waals surface area (Å²) in [4.78, 5) is 10.3. The molecule has 1 heterocycles. The summed E-state index contributed by atoms with van der Waals surface area (Å²) in [5.74, 6) is -0.696. The normalized spacial score (nSPS) is 10.6. The molecule has 0 fully saturated rings. The molecule has 106 valence electrons. The largest absolute Gasteiger partial charge is 0.496 e. The van der Waals surface area contributed by atoms with Crippen LogP contribution in [0.5, 0.6) is 5.75 Å². The first kappa shape index (κ1) is 14.0. The first-order valence-electron chi connectivity index (χ1n) is 6.14. The van der Waals surface area contributed by atoms with Crippen LogP contribution in [0.2, 0.25) is 0 Å². The first-order chi connectivity index (χ1) is 9.58. The number of aryl methyl sites for hydroxylation is 1. The van der Waals surface area contributed by atoms with E-state index < -0.39 is 16.4 Å². The van der Waals surface area contributed by atoms with Gasteiger partial charge in [0, 0.05) is 5.69 Å². The molecule has 0 spiro atoms. The minimum Gasteiger partial charge on any atom is -0.496 e. The number of aromatic nitrogens is 2. The SMILES string of the molecule is CCCc1cc(-c2c(OC)ccc(F)c2[N+](=O)[O-])n[nH]1. The van der Waals surface area contributed by atoms with Crippen LogP contribution in [0, 0.1) is 15.9 Å². The average Bonchev–Trinajstić information content (AvgIpc) is 2.86. The average molecular weight is 279 g/mol. The zero-order chi connectivity index (χ0) is 14.7. The molecule has 0 radical (unpaired) electrons. The number of methoxy groups -OCH3 is 1. The van der Waals surface area contributed by atoms with Gasteiger partial charge in [-0.05, 0) is 24.6 Å². The Kier molecular flexibility index (Phi) is 3.97. The van der Waals surface area contributed by atoms with Gasteiger partial charge in [0.05, 0.1) is 12.0 Å². The predicted octanol–water partition coefficient (Wildman–Crippen LogP) is 3.09. The van der Waals surface area contributed by atoms with Crippen LogP contribution in [-0.2, 0) is 6.42 Å². The molecule has 2 rings (SSSR count). The number of nitrogens with one attached hydrogen (secondary N) is 1. The number of nitrogens with zero attached hydrogens (tertiary/aromatic N) is 2. The number of hydrogen-bond acceptors (Lipinski definition) is 4. The van der Waals surface area contributed by atoms with E-state index in [1.165, 1.54) is 13.2 Å². The Morgan fingerprint density at radius 1 is 1.50 bits per heavy atom. The quantitative estimate of drug-likeness (QED) is 0.673. The van der Waals surface area contributed by atoms with Crippen LogP contribution in [0.15, 0.2) is 18.2 Å². The van der Waals surface area contributed by atoms with Gasteiger partial charge in [-0.2, -0.15) is 9.49 Å². The molecule has 1 aromatic carbocycles. The lowest BCUT2D eigenvalue weighted by molar-refractivity contribution is -0.386. The summed E-state index contributed by atoms with van der Waals surface area (Å²) in [5.41, 5.74) is 0.564. The van der Waals surface area contributed by atoms with Crippen LogP contribution >= 0.6 is 0 Å². The van der Waals surface area contributed by atoms with E-state index in [1.807, 2.05) is 6.92 Å². The van der Waals surface area contributed by atoms with Gasteiger partial charge in [-0.25, -0.2) is 0 Å². The number of benzene rings is 1. The maximum absolute atomic E-state index is 13.7. The second-order valence-electron chi connectivity index (χ2n) is 4.26. The van der Waals surface area contributed by atoms with Gasteiger partial charge >= 0.3 is 5.69 Å². The minimum atomic E-state index is -0.911. The molecule has 0 aliphatic carbocycles. The van der Waals surface area contributed by atoms with E-state index >= 15 is 0 Å². The number of aromatic amines is 1. The number of hydrogen-bond donors (Lipinski definition) is 1. The lowest BCUT2D eigenvalue weighted by atomic mass is 10.1. The number of ether oxygens (including phenoxy) is 1. The third-order valence-corrected chi connectivity index (χ3v) is 2.90. The van der Waals surface area contributed by atoms with Crippen molar-refractivity contribution < 1.29 is 14.1 Å². The molecular weight excluding hydrogens is 265 g/mol. The van der Waals surface area contributed by atoms with Gasteiger partial charge in [0.1, 0.15) is 17.0 Å². The summed E-state index contributed by atoms with van der Waals surface area (Å²) in [6.45, 7) is 2.01. The molecule has 2 aromatic rings. The van der Waals surface area contributed by atoms with Gasteiger partial charge in [0.15, 0.2) is 0 Å². The van der Waals surface area contributed by atoms with Crippen LogP contribution in [0.1, 0.15) is 19.0 Å². The van der Waals surface area contributed by atoms with E-state index in [4.69, 9.17) is 4.74 Å². The molecule has 7 heteroatoms. The van der Waals surface area contributed by atoms with Gasteiger partial charge in [-0.1, -0.05) is 13.3 Å². The van der Waals surface area contributed by atoms with Crippen LogP contribution in [0.4, 0.5) is 10.1 Å². The minimum absolute atomic E-state index is 0.0519. The Balaban J connectivity index is 2.63. The second-order valence-corrected chi connectivity index (χ2v) is 4.26. The molecule has 6 nitrogen and oxygen atoms in total. The summed E-state index contributed by atoms with van der Waals surface area (Å²) < 4.78 is 18.8. The highest BCUT2D eigenvalue weighted by Gasteiger charge is 2.27. The van der Waals surface area contributed by atoms with E-state index in [1.54, 1.807) is 6.07 Å². The van der Waals surface area contributed by atoms with Gasteiger partial charge < -0.3 is 4.74 Å². The highest BCUT2D eigenvalue weighted by Crippen LogP contribution is 2.39. The summed E-state index contributed by atoms with van der Waals surface area (Å²) in [6, 6.07) is 4.04. The molecule has 1 aromatic heterocycles. The summed E-state index contributed by atoms with van der Waals surface area (Å²) >= 11 is 0. The first-order valence-corrected chi connectivity index (χ1v) is 6.14. The van der Waals surface area contributed by atoms with Crippen molar-refractivity contribution in [3.8, 4) is 17.0 Å². The van der Waals surface area contributed by atoms with Gasteiger partial charge in [0.25, 0.3) is 0 Å². The molecule has 0 amide bonds. The lowest BCUT2D eigenvalue weighted by Gasteiger charge is -2.07. The fourth-order valence-corrected chi connectivity index (χ4v) is 2.03. The van der Waals surface area contributed by atoms with Crippen molar-refractivity contribution in [3.05, 3.63) is 39.8 Å². The third kappa shape index (κ3) is 2.47. The summed E-state index contributed by atoms with van der Waals surface area (Å²) in [5, 5.41) is 17.9. The van der Waals surface area contributed by atoms with Crippen molar-refractivity contribution in [1.82, 2.24) is 10.2 Å². The Morgan fingerprint density at radius 2 is 2.25 bits per heavy atom. The maximum Gasteiger partial charge on any atom is 0.317 e. The van der Waals surface area contributed by atoms with Crippen molar-refractivity contribution in [2.24, 2.45) is 0 Å². The van der Waals surface area contributed by atoms with E-state index in [0.29, 0.717) is 5.69 Å². The number of nitro benzene ring substituents is 1. The highest BCUT2D eigenvalue weighted by molar-refractivity contribution is 5.77. The van der Waals surface area contributed by atoms with Crippen LogP contribution < -0.4 is 4.74 Å². The maximum atomic E-state index is 13.7.